The van der Waals surface area contributed by atoms with Gasteiger partial charge in [-0.3, -0.25) is 0 Å². The summed E-state index contributed by atoms with van der Waals surface area (Å²) < 4.78 is 25.5. The predicted molar refractivity (Wildman–Crippen MR) is 70.4 cm³/mol. The van der Waals surface area contributed by atoms with E-state index in [1.54, 1.807) is 18.8 Å². The minimum absolute atomic E-state index is 0.319. The van der Waals surface area contributed by atoms with Crippen LogP contribution in [0.3, 0.4) is 0 Å². The molecule has 16 heavy (non-hydrogen) atoms. The van der Waals surface area contributed by atoms with Crippen LogP contribution in [0.1, 0.15) is 12.8 Å². The van der Waals surface area contributed by atoms with Gasteiger partial charge in [-0.2, -0.15) is 11.8 Å². The van der Waals surface area contributed by atoms with Crippen molar-refractivity contribution in [3.8, 4) is 0 Å². The van der Waals surface area contributed by atoms with Crippen molar-refractivity contribution in [1.29, 1.82) is 0 Å². The average Bonchev–Trinajstić information content (AvgIpc) is 2.26. The molecule has 4 nitrogen and oxygen atoms in total. The van der Waals surface area contributed by atoms with Crippen LogP contribution in [-0.4, -0.2) is 57.2 Å². The molecule has 0 bridgehead atoms. The van der Waals surface area contributed by atoms with E-state index in [-0.39, 0.29) is 0 Å². The predicted octanol–water partition coefficient (Wildman–Crippen LogP) is 0.611. The van der Waals surface area contributed by atoms with Crippen molar-refractivity contribution in [2.45, 2.75) is 12.8 Å². The highest BCUT2D eigenvalue weighted by atomic mass is 32.2. The van der Waals surface area contributed by atoms with E-state index in [1.807, 2.05) is 6.26 Å². The standard InChI is InChI=1S/C10H22N2O2S2/c1-12(7-8-15-2)16(13,14)9-10-3-5-11-6-4-10/h10-11H,3-9H2,1-2H3. The van der Waals surface area contributed by atoms with Gasteiger partial charge in [0, 0.05) is 19.3 Å². The zero-order chi connectivity index (χ0) is 12.0. The third-order valence-corrected chi connectivity index (χ3v) is 5.61. The highest BCUT2D eigenvalue weighted by Gasteiger charge is 2.24. The summed E-state index contributed by atoms with van der Waals surface area (Å²) in [7, 11) is -1.35. The van der Waals surface area contributed by atoms with Gasteiger partial charge in [-0.1, -0.05) is 0 Å². The van der Waals surface area contributed by atoms with E-state index in [9.17, 15) is 8.42 Å². The van der Waals surface area contributed by atoms with E-state index in [0.29, 0.717) is 18.2 Å². The van der Waals surface area contributed by atoms with E-state index in [2.05, 4.69) is 5.32 Å². The fourth-order valence-electron chi connectivity index (χ4n) is 1.83. The Balaban J connectivity index is 2.42. The molecule has 96 valence electrons. The van der Waals surface area contributed by atoms with Crippen LogP contribution in [-0.2, 0) is 10.0 Å². The lowest BCUT2D eigenvalue weighted by Gasteiger charge is -2.25. The summed E-state index contributed by atoms with van der Waals surface area (Å²) in [6.07, 6.45) is 3.96. The van der Waals surface area contributed by atoms with Gasteiger partial charge in [-0.25, -0.2) is 12.7 Å². The Labute approximate surface area is 103 Å². The number of piperidine rings is 1. The SMILES string of the molecule is CSCCN(C)S(=O)(=O)CC1CCNCC1. The van der Waals surface area contributed by atoms with E-state index < -0.39 is 10.0 Å². The Morgan fingerprint density at radius 2 is 2.00 bits per heavy atom. The zero-order valence-electron chi connectivity index (χ0n) is 10.1. The number of thioether (sulfide) groups is 1. The molecule has 0 aromatic carbocycles. The van der Waals surface area contributed by atoms with Crippen molar-refractivity contribution < 1.29 is 8.42 Å². The topological polar surface area (TPSA) is 49.4 Å². The van der Waals surface area contributed by atoms with Crippen molar-refractivity contribution in [2.75, 3.05) is 44.4 Å². The van der Waals surface area contributed by atoms with Crippen LogP contribution in [0.4, 0.5) is 0 Å². The fraction of sp³-hybridized carbons (Fsp3) is 1.00. The van der Waals surface area contributed by atoms with Gasteiger partial charge >= 0.3 is 0 Å². The third kappa shape index (κ3) is 4.61. The smallest absolute Gasteiger partial charge is 0.214 e. The Morgan fingerprint density at radius 1 is 1.38 bits per heavy atom. The summed E-state index contributed by atoms with van der Waals surface area (Å²) in [5.41, 5.74) is 0. The highest BCUT2D eigenvalue weighted by Crippen LogP contribution is 2.16. The number of rotatable bonds is 6. The van der Waals surface area contributed by atoms with Crippen molar-refractivity contribution >= 4 is 21.8 Å². The summed E-state index contributed by atoms with van der Waals surface area (Å²) in [6, 6.07) is 0. The quantitative estimate of drug-likeness (QED) is 0.765. The van der Waals surface area contributed by atoms with Gasteiger partial charge in [0.05, 0.1) is 5.75 Å². The molecular formula is C10H22N2O2S2. The normalized spacial score (nSPS) is 19.2. The highest BCUT2D eigenvalue weighted by molar-refractivity contribution is 7.98. The van der Waals surface area contributed by atoms with Crippen LogP contribution in [0.2, 0.25) is 0 Å². The summed E-state index contributed by atoms with van der Waals surface area (Å²) in [5, 5.41) is 3.25. The van der Waals surface area contributed by atoms with E-state index >= 15 is 0 Å². The van der Waals surface area contributed by atoms with Crippen LogP contribution in [0.25, 0.3) is 0 Å². The second kappa shape index (κ2) is 6.83. The van der Waals surface area contributed by atoms with Gasteiger partial charge < -0.3 is 5.32 Å². The molecule has 6 heteroatoms. The van der Waals surface area contributed by atoms with Crippen LogP contribution >= 0.6 is 11.8 Å². The molecule has 0 aromatic rings. The third-order valence-electron chi connectivity index (χ3n) is 2.99. The van der Waals surface area contributed by atoms with Crippen LogP contribution < -0.4 is 5.32 Å². The Bertz CT molecular complexity index is 287. The second-order valence-electron chi connectivity index (χ2n) is 4.29. The van der Waals surface area contributed by atoms with Crippen LogP contribution in [0.5, 0.6) is 0 Å². The molecule has 1 fully saturated rings. The van der Waals surface area contributed by atoms with Crippen molar-refractivity contribution in [1.82, 2.24) is 9.62 Å². The Hall–Kier alpha value is 0.220. The second-order valence-corrected chi connectivity index (χ2v) is 7.39. The van der Waals surface area contributed by atoms with Gasteiger partial charge in [0.2, 0.25) is 10.0 Å². The van der Waals surface area contributed by atoms with Gasteiger partial charge in [0.25, 0.3) is 0 Å². The first kappa shape index (κ1) is 14.3. The maximum absolute atomic E-state index is 12.0. The number of nitrogens with zero attached hydrogens (tertiary/aromatic N) is 1. The monoisotopic (exact) mass is 266 g/mol. The zero-order valence-corrected chi connectivity index (χ0v) is 11.7. The number of hydrogen-bond acceptors (Lipinski definition) is 4. The minimum Gasteiger partial charge on any atom is -0.317 e. The Morgan fingerprint density at radius 3 is 2.56 bits per heavy atom. The van der Waals surface area contributed by atoms with Crippen molar-refractivity contribution in [2.24, 2.45) is 5.92 Å². The molecule has 1 saturated heterocycles. The van der Waals surface area contributed by atoms with E-state index in [4.69, 9.17) is 0 Å². The molecule has 0 aromatic heterocycles. The van der Waals surface area contributed by atoms with Crippen molar-refractivity contribution in [3.63, 3.8) is 0 Å². The maximum atomic E-state index is 12.0. The molecule has 1 heterocycles. The van der Waals surface area contributed by atoms with Gasteiger partial charge in [0.15, 0.2) is 0 Å². The Kier molecular flexibility index (Phi) is 6.10. The lowest BCUT2D eigenvalue weighted by Crippen LogP contribution is -2.37. The molecule has 1 N–H and O–H groups in total. The first-order valence-corrected chi connectivity index (χ1v) is 8.70. The van der Waals surface area contributed by atoms with Gasteiger partial charge in [-0.15, -0.1) is 0 Å². The van der Waals surface area contributed by atoms with Gasteiger partial charge in [0.1, 0.15) is 0 Å². The molecule has 1 aliphatic rings. The van der Waals surface area contributed by atoms with Gasteiger partial charge in [-0.05, 0) is 38.1 Å². The molecule has 1 aliphatic heterocycles. The molecule has 1 rings (SSSR count). The van der Waals surface area contributed by atoms with Crippen molar-refractivity contribution in [3.05, 3.63) is 0 Å². The van der Waals surface area contributed by atoms with Crippen LogP contribution in [0, 0.1) is 5.92 Å². The lowest BCUT2D eigenvalue weighted by molar-refractivity contribution is 0.391. The summed E-state index contributed by atoms with van der Waals surface area (Å²) in [4.78, 5) is 0. The molecule has 0 radical (unpaired) electrons. The fourth-order valence-corrected chi connectivity index (χ4v) is 3.96. The van der Waals surface area contributed by atoms with E-state index in [1.165, 1.54) is 4.31 Å². The number of hydrogen-bond donors (Lipinski definition) is 1. The molecule has 0 unspecified atom stereocenters. The largest absolute Gasteiger partial charge is 0.317 e. The summed E-state index contributed by atoms with van der Waals surface area (Å²) in [6.45, 7) is 2.53. The molecule has 0 saturated carbocycles. The number of nitrogens with one attached hydrogen (secondary N) is 1. The van der Waals surface area contributed by atoms with E-state index in [0.717, 1.165) is 31.7 Å². The minimum atomic E-state index is -3.04. The summed E-state index contributed by atoms with van der Waals surface area (Å²) >= 11 is 1.68. The molecule has 0 spiro atoms. The first-order valence-electron chi connectivity index (χ1n) is 5.70. The lowest BCUT2D eigenvalue weighted by atomic mass is 10.0. The first-order chi connectivity index (χ1) is 7.56. The molecular weight excluding hydrogens is 244 g/mol. The average molecular weight is 266 g/mol. The molecule has 0 aliphatic carbocycles. The summed E-state index contributed by atoms with van der Waals surface area (Å²) in [5.74, 6) is 1.52. The van der Waals surface area contributed by atoms with Crippen LogP contribution in [0.15, 0.2) is 0 Å². The molecule has 0 amide bonds. The number of sulfonamides is 1. The maximum Gasteiger partial charge on any atom is 0.214 e. The molecule has 0 atom stereocenters.